The lowest BCUT2D eigenvalue weighted by atomic mass is 10.1. The van der Waals surface area contributed by atoms with Gasteiger partial charge in [0.2, 0.25) is 0 Å². The third kappa shape index (κ3) is 5.28. The summed E-state index contributed by atoms with van der Waals surface area (Å²) in [5.41, 5.74) is 1.34. The van der Waals surface area contributed by atoms with Crippen molar-refractivity contribution in [2.75, 3.05) is 20.2 Å². The molecule has 0 aromatic heterocycles. The predicted octanol–water partition coefficient (Wildman–Crippen LogP) is 0.982. The lowest BCUT2D eigenvalue weighted by Crippen LogP contribution is -2.26. The Hall–Kier alpha value is -1.41. The zero-order valence-electron chi connectivity index (χ0n) is 10.7. The summed E-state index contributed by atoms with van der Waals surface area (Å²) in [5, 5.41) is 17.9. The Morgan fingerprint density at radius 2 is 2.11 bits per heavy atom. The van der Waals surface area contributed by atoms with Crippen molar-refractivity contribution in [3.05, 3.63) is 35.1 Å². The van der Waals surface area contributed by atoms with Crippen LogP contribution in [0.15, 0.2) is 18.2 Å². The second-order valence-electron chi connectivity index (χ2n) is 4.35. The molecule has 3 nitrogen and oxygen atoms in total. The molecule has 0 aliphatic heterocycles. The van der Waals surface area contributed by atoms with E-state index in [1.54, 1.807) is 13.0 Å². The maximum atomic E-state index is 13.4. The average Bonchev–Trinajstić information content (AvgIpc) is 2.24. The smallest absolute Gasteiger partial charge is 0.124 e. The molecule has 0 aliphatic carbocycles. The largest absolute Gasteiger partial charge is 0.392 e. The van der Waals surface area contributed by atoms with Gasteiger partial charge >= 0.3 is 0 Å². The quantitative estimate of drug-likeness (QED) is 0.784. The van der Waals surface area contributed by atoms with Crippen molar-refractivity contribution in [2.45, 2.75) is 19.6 Å². The van der Waals surface area contributed by atoms with E-state index in [2.05, 4.69) is 11.8 Å². The summed E-state index contributed by atoms with van der Waals surface area (Å²) in [5.74, 6) is 4.82. The number of rotatable bonds is 4. The fraction of sp³-hybridized carbons (Fsp3) is 0.429. The van der Waals surface area contributed by atoms with Gasteiger partial charge in [-0.3, -0.25) is 4.90 Å². The summed E-state index contributed by atoms with van der Waals surface area (Å²) in [6.07, 6.45) is -0.419. The number of halogens is 1. The van der Waals surface area contributed by atoms with Gasteiger partial charge in [0.25, 0.3) is 0 Å². The molecule has 18 heavy (non-hydrogen) atoms. The summed E-state index contributed by atoms with van der Waals surface area (Å²) >= 11 is 0. The van der Waals surface area contributed by atoms with Gasteiger partial charge in [0.05, 0.1) is 6.10 Å². The first-order chi connectivity index (χ1) is 8.51. The third-order valence-corrected chi connectivity index (χ3v) is 2.30. The van der Waals surface area contributed by atoms with Gasteiger partial charge in [-0.05, 0) is 37.7 Å². The highest BCUT2D eigenvalue weighted by Gasteiger charge is 2.06. The standard InChI is InChI=1S/C14H18FNO2/c1-11(18)9-16(2)10-13-6-12(4-3-5-17)7-14(15)8-13/h6-8,11,17-18H,5,9-10H2,1-2H3. The van der Waals surface area contributed by atoms with Crippen LogP contribution < -0.4 is 0 Å². The van der Waals surface area contributed by atoms with E-state index in [-0.39, 0.29) is 12.4 Å². The van der Waals surface area contributed by atoms with Crippen molar-refractivity contribution >= 4 is 0 Å². The number of aliphatic hydroxyl groups excluding tert-OH is 2. The van der Waals surface area contributed by atoms with Gasteiger partial charge in [0.15, 0.2) is 0 Å². The number of likely N-dealkylation sites (N-methyl/N-ethyl adjacent to an activating group) is 1. The van der Waals surface area contributed by atoms with Crippen LogP contribution in [0.2, 0.25) is 0 Å². The molecule has 0 spiro atoms. The predicted molar refractivity (Wildman–Crippen MR) is 68.4 cm³/mol. The summed E-state index contributed by atoms with van der Waals surface area (Å²) in [4.78, 5) is 1.91. The lowest BCUT2D eigenvalue weighted by molar-refractivity contribution is 0.138. The number of aliphatic hydroxyl groups is 2. The molecule has 0 heterocycles. The second-order valence-corrected chi connectivity index (χ2v) is 4.35. The molecule has 1 rings (SSSR count). The fourth-order valence-corrected chi connectivity index (χ4v) is 1.78. The minimum Gasteiger partial charge on any atom is -0.392 e. The van der Waals surface area contributed by atoms with E-state index in [0.29, 0.717) is 18.7 Å². The third-order valence-electron chi connectivity index (χ3n) is 2.30. The number of nitrogens with zero attached hydrogens (tertiary/aromatic N) is 1. The molecule has 0 fully saturated rings. The van der Waals surface area contributed by atoms with E-state index in [0.717, 1.165) is 5.56 Å². The highest BCUT2D eigenvalue weighted by atomic mass is 19.1. The summed E-state index contributed by atoms with van der Waals surface area (Å²) in [7, 11) is 1.86. The van der Waals surface area contributed by atoms with Crippen LogP contribution in [-0.4, -0.2) is 41.4 Å². The first-order valence-corrected chi connectivity index (χ1v) is 5.77. The molecule has 1 atom stereocenters. The average molecular weight is 251 g/mol. The molecule has 1 aromatic carbocycles. The van der Waals surface area contributed by atoms with Crippen molar-refractivity contribution < 1.29 is 14.6 Å². The van der Waals surface area contributed by atoms with Gasteiger partial charge in [0, 0.05) is 18.7 Å². The summed E-state index contributed by atoms with van der Waals surface area (Å²) in [6.45, 7) is 2.53. The van der Waals surface area contributed by atoms with E-state index in [9.17, 15) is 9.50 Å². The highest BCUT2D eigenvalue weighted by molar-refractivity contribution is 5.37. The molecule has 4 heteroatoms. The molecule has 0 radical (unpaired) electrons. The van der Waals surface area contributed by atoms with E-state index in [1.165, 1.54) is 12.1 Å². The Kier molecular flexibility index (Phi) is 5.79. The Morgan fingerprint density at radius 3 is 2.72 bits per heavy atom. The lowest BCUT2D eigenvalue weighted by Gasteiger charge is -2.18. The van der Waals surface area contributed by atoms with Crippen LogP contribution >= 0.6 is 0 Å². The minimum atomic E-state index is -0.419. The maximum Gasteiger partial charge on any atom is 0.124 e. The normalized spacial score (nSPS) is 12.1. The van der Waals surface area contributed by atoms with E-state index in [4.69, 9.17) is 5.11 Å². The van der Waals surface area contributed by atoms with Gasteiger partial charge in [-0.25, -0.2) is 4.39 Å². The molecule has 0 saturated heterocycles. The number of benzene rings is 1. The van der Waals surface area contributed by atoms with Crippen LogP contribution in [0.25, 0.3) is 0 Å². The Balaban J connectivity index is 2.79. The maximum absolute atomic E-state index is 13.4. The van der Waals surface area contributed by atoms with Crippen molar-refractivity contribution in [3.8, 4) is 11.8 Å². The topological polar surface area (TPSA) is 43.7 Å². The highest BCUT2D eigenvalue weighted by Crippen LogP contribution is 2.10. The Morgan fingerprint density at radius 1 is 1.39 bits per heavy atom. The first kappa shape index (κ1) is 14.7. The molecule has 98 valence electrons. The van der Waals surface area contributed by atoms with E-state index < -0.39 is 6.10 Å². The molecule has 0 bridgehead atoms. The molecule has 1 aromatic rings. The van der Waals surface area contributed by atoms with Crippen LogP contribution in [0.5, 0.6) is 0 Å². The minimum absolute atomic E-state index is 0.242. The van der Waals surface area contributed by atoms with Gasteiger partial charge in [0.1, 0.15) is 12.4 Å². The fourth-order valence-electron chi connectivity index (χ4n) is 1.78. The van der Waals surface area contributed by atoms with Crippen molar-refractivity contribution in [3.63, 3.8) is 0 Å². The Labute approximate surface area is 107 Å². The zero-order chi connectivity index (χ0) is 13.5. The number of hydrogen-bond donors (Lipinski definition) is 2. The zero-order valence-corrected chi connectivity index (χ0v) is 10.7. The van der Waals surface area contributed by atoms with Crippen LogP contribution in [0.4, 0.5) is 4.39 Å². The van der Waals surface area contributed by atoms with E-state index >= 15 is 0 Å². The van der Waals surface area contributed by atoms with Crippen molar-refractivity contribution in [1.29, 1.82) is 0 Å². The molecular formula is C14H18FNO2. The van der Waals surface area contributed by atoms with Gasteiger partial charge in [-0.1, -0.05) is 11.8 Å². The Bertz CT molecular complexity index is 449. The molecule has 0 saturated carbocycles. The monoisotopic (exact) mass is 251 g/mol. The van der Waals surface area contributed by atoms with Gasteiger partial charge in [-0.2, -0.15) is 0 Å². The van der Waals surface area contributed by atoms with E-state index in [1.807, 2.05) is 11.9 Å². The molecule has 2 N–H and O–H groups in total. The molecule has 1 unspecified atom stereocenters. The van der Waals surface area contributed by atoms with Gasteiger partial charge < -0.3 is 10.2 Å². The first-order valence-electron chi connectivity index (χ1n) is 5.77. The van der Waals surface area contributed by atoms with Crippen molar-refractivity contribution in [1.82, 2.24) is 4.90 Å². The molecule has 0 amide bonds. The summed E-state index contributed by atoms with van der Waals surface area (Å²) in [6, 6.07) is 4.56. The van der Waals surface area contributed by atoms with Crippen molar-refractivity contribution in [2.24, 2.45) is 0 Å². The van der Waals surface area contributed by atoms with Crippen LogP contribution in [0.1, 0.15) is 18.1 Å². The molecular weight excluding hydrogens is 233 g/mol. The van der Waals surface area contributed by atoms with Crippen LogP contribution in [0.3, 0.4) is 0 Å². The number of hydrogen-bond acceptors (Lipinski definition) is 3. The summed E-state index contributed by atoms with van der Waals surface area (Å²) < 4.78 is 13.4. The van der Waals surface area contributed by atoms with Crippen LogP contribution in [-0.2, 0) is 6.54 Å². The second kappa shape index (κ2) is 7.12. The SMILES string of the molecule is CC(O)CN(C)Cc1cc(F)cc(C#CCO)c1. The van der Waals surface area contributed by atoms with Crippen LogP contribution in [0, 0.1) is 17.7 Å². The van der Waals surface area contributed by atoms with Gasteiger partial charge in [-0.15, -0.1) is 0 Å². The molecule has 0 aliphatic rings.